The van der Waals surface area contributed by atoms with Crippen LogP contribution in [-0.2, 0) is 27.2 Å². The smallest absolute Gasteiger partial charge is 0.307 e. The van der Waals surface area contributed by atoms with Crippen LogP contribution in [-0.4, -0.2) is 47.1 Å². The molecule has 1 unspecified atom stereocenters. The Labute approximate surface area is 198 Å². The Balaban J connectivity index is 1.29. The first-order valence-electron chi connectivity index (χ1n) is 11.2. The lowest BCUT2D eigenvalue weighted by atomic mass is 10.1. The summed E-state index contributed by atoms with van der Waals surface area (Å²) in [7, 11) is 0. The minimum Gasteiger partial charge on any atom is -0.481 e. The highest BCUT2D eigenvalue weighted by Crippen LogP contribution is 2.24. The first kappa shape index (κ1) is 24.6. The predicted octanol–water partition coefficient (Wildman–Crippen LogP) is 3.82. The molecule has 0 radical (unpaired) electrons. The molecule has 2 aromatic rings. The molecule has 2 N–H and O–H groups in total. The number of nitrogens with one attached hydrogen (secondary N) is 1. The van der Waals surface area contributed by atoms with Crippen LogP contribution in [0.3, 0.4) is 0 Å². The number of carbonyl (C=O) groups is 3. The van der Waals surface area contributed by atoms with E-state index in [9.17, 15) is 14.4 Å². The number of amides is 2. The number of nitrogens with zero attached hydrogens (tertiary/aromatic N) is 1. The van der Waals surface area contributed by atoms with Crippen molar-refractivity contribution in [2.45, 2.75) is 51.2 Å². The van der Waals surface area contributed by atoms with Gasteiger partial charge in [0.25, 0.3) is 0 Å². The SMILES string of the molecule is O=C(O)Cc1ccc(OC2CC(=O)N2CC(=O)NCCCCCCc2ccc(Cl)cc2)cc1. The molecule has 0 aliphatic carbocycles. The molecule has 1 saturated heterocycles. The molecule has 0 bridgehead atoms. The van der Waals surface area contributed by atoms with Gasteiger partial charge < -0.3 is 15.2 Å². The number of carboxylic acid groups (broad SMARTS) is 1. The molecule has 0 spiro atoms. The number of carbonyl (C=O) groups excluding carboxylic acids is 2. The van der Waals surface area contributed by atoms with Crippen molar-refractivity contribution in [3.05, 3.63) is 64.7 Å². The molecule has 0 saturated carbocycles. The molecule has 3 rings (SSSR count). The highest BCUT2D eigenvalue weighted by atomic mass is 35.5. The molecule has 0 aromatic heterocycles. The largest absolute Gasteiger partial charge is 0.481 e. The number of likely N-dealkylation sites (tertiary alicyclic amines) is 1. The molecular weight excluding hydrogens is 444 g/mol. The van der Waals surface area contributed by atoms with Crippen molar-refractivity contribution in [2.75, 3.05) is 13.1 Å². The van der Waals surface area contributed by atoms with Crippen LogP contribution in [0, 0.1) is 0 Å². The zero-order valence-corrected chi connectivity index (χ0v) is 19.2. The topological polar surface area (TPSA) is 95.9 Å². The number of rotatable bonds is 13. The van der Waals surface area contributed by atoms with E-state index in [-0.39, 0.29) is 31.2 Å². The van der Waals surface area contributed by atoms with E-state index in [1.807, 2.05) is 24.3 Å². The van der Waals surface area contributed by atoms with Gasteiger partial charge in [-0.1, -0.05) is 48.7 Å². The summed E-state index contributed by atoms with van der Waals surface area (Å²) in [5.74, 6) is -0.691. The highest BCUT2D eigenvalue weighted by molar-refractivity contribution is 6.30. The van der Waals surface area contributed by atoms with Gasteiger partial charge >= 0.3 is 5.97 Å². The number of carboxylic acids is 1. The Hall–Kier alpha value is -3.06. The maximum Gasteiger partial charge on any atom is 0.307 e. The maximum atomic E-state index is 12.2. The summed E-state index contributed by atoms with van der Waals surface area (Å²) < 4.78 is 5.78. The third-order valence-corrected chi connectivity index (χ3v) is 5.76. The molecule has 8 heteroatoms. The van der Waals surface area contributed by atoms with Crippen LogP contribution in [0.2, 0.25) is 5.02 Å². The minimum absolute atomic E-state index is 0.0306. The van der Waals surface area contributed by atoms with Crippen LogP contribution in [0.25, 0.3) is 0 Å². The quantitative estimate of drug-likeness (QED) is 0.341. The summed E-state index contributed by atoms with van der Waals surface area (Å²) in [4.78, 5) is 36.3. The van der Waals surface area contributed by atoms with Gasteiger partial charge in [0, 0.05) is 11.6 Å². The lowest BCUT2D eigenvalue weighted by Gasteiger charge is -2.39. The van der Waals surface area contributed by atoms with Crippen LogP contribution >= 0.6 is 11.6 Å². The van der Waals surface area contributed by atoms with E-state index in [4.69, 9.17) is 21.4 Å². The van der Waals surface area contributed by atoms with E-state index >= 15 is 0 Å². The second-order valence-corrected chi connectivity index (χ2v) is 8.59. The highest BCUT2D eigenvalue weighted by Gasteiger charge is 2.39. The fourth-order valence-corrected chi connectivity index (χ4v) is 3.76. The third kappa shape index (κ3) is 8.09. The van der Waals surface area contributed by atoms with Crippen molar-refractivity contribution in [1.82, 2.24) is 10.2 Å². The number of hydrogen-bond donors (Lipinski definition) is 2. The van der Waals surface area contributed by atoms with Gasteiger partial charge in [-0.2, -0.15) is 0 Å². The van der Waals surface area contributed by atoms with Crippen LogP contribution in [0.5, 0.6) is 5.75 Å². The van der Waals surface area contributed by atoms with Crippen LogP contribution in [0.1, 0.15) is 43.2 Å². The number of β-lactam (4-membered cyclic amide) rings is 1. The molecule has 1 fully saturated rings. The van der Waals surface area contributed by atoms with Crippen molar-refractivity contribution in [3.8, 4) is 5.75 Å². The van der Waals surface area contributed by atoms with E-state index in [2.05, 4.69) is 5.32 Å². The Morgan fingerprint density at radius 2 is 1.67 bits per heavy atom. The van der Waals surface area contributed by atoms with Crippen molar-refractivity contribution in [1.29, 1.82) is 0 Å². The minimum atomic E-state index is -0.900. The Morgan fingerprint density at radius 3 is 2.33 bits per heavy atom. The van der Waals surface area contributed by atoms with E-state index in [1.54, 1.807) is 24.3 Å². The third-order valence-electron chi connectivity index (χ3n) is 5.51. The summed E-state index contributed by atoms with van der Waals surface area (Å²) in [6.45, 7) is 0.551. The number of halogens is 1. The van der Waals surface area contributed by atoms with Gasteiger partial charge in [-0.05, 0) is 54.7 Å². The van der Waals surface area contributed by atoms with E-state index in [0.717, 1.165) is 37.1 Å². The molecule has 1 heterocycles. The average Bonchev–Trinajstić information content (AvgIpc) is 2.78. The van der Waals surface area contributed by atoms with Crippen LogP contribution in [0.15, 0.2) is 48.5 Å². The van der Waals surface area contributed by atoms with Gasteiger partial charge in [0.1, 0.15) is 12.3 Å². The Kier molecular flexibility index (Phi) is 9.13. The number of hydrogen-bond acceptors (Lipinski definition) is 4. The van der Waals surface area contributed by atoms with Gasteiger partial charge in [0.2, 0.25) is 11.8 Å². The molecule has 2 aromatic carbocycles. The fraction of sp³-hybridized carbons (Fsp3) is 0.400. The van der Waals surface area contributed by atoms with Gasteiger partial charge in [0.15, 0.2) is 6.23 Å². The lowest BCUT2D eigenvalue weighted by molar-refractivity contribution is -0.163. The normalized spacial score (nSPS) is 15.1. The van der Waals surface area contributed by atoms with E-state index in [0.29, 0.717) is 17.9 Å². The van der Waals surface area contributed by atoms with E-state index < -0.39 is 12.2 Å². The summed E-state index contributed by atoms with van der Waals surface area (Å²) >= 11 is 5.89. The summed E-state index contributed by atoms with van der Waals surface area (Å²) in [6.07, 6.45) is 4.79. The van der Waals surface area contributed by atoms with Crippen molar-refractivity contribution in [3.63, 3.8) is 0 Å². The maximum absolute atomic E-state index is 12.2. The molecule has 176 valence electrons. The standard InChI is InChI=1S/C25H29ClN2O5/c26-20-10-6-18(7-11-20)5-3-1-2-4-14-27-22(29)17-28-23(30)16-24(28)33-21-12-8-19(9-13-21)15-25(31)32/h6-13,24H,1-5,14-17H2,(H,27,29)(H,31,32). The lowest BCUT2D eigenvalue weighted by Crippen LogP contribution is -2.58. The number of aliphatic carboxylic acids is 1. The molecule has 1 atom stereocenters. The first-order valence-corrected chi connectivity index (χ1v) is 11.6. The summed E-state index contributed by atoms with van der Waals surface area (Å²) in [5.41, 5.74) is 1.95. The average molecular weight is 473 g/mol. The number of unbranched alkanes of at least 4 members (excludes halogenated alkanes) is 3. The van der Waals surface area contributed by atoms with Crippen molar-refractivity contribution < 1.29 is 24.2 Å². The van der Waals surface area contributed by atoms with Gasteiger partial charge in [0.05, 0.1) is 12.8 Å². The zero-order chi connectivity index (χ0) is 23.6. The van der Waals surface area contributed by atoms with Crippen molar-refractivity contribution in [2.24, 2.45) is 0 Å². The predicted molar refractivity (Wildman–Crippen MR) is 125 cm³/mol. The van der Waals surface area contributed by atoms with Gasteiger partial charge in [-0.15, -0.1) is 0 Å². The fourth-order valence-electron chi connectivity index (χ4n) is 3.64. The Morgan fingerprint density at radius 1 is 1.00 bits per heavy atom. The number of ether oxygens (including phenoxy) is 1. The van der Waals surface area contributed by atoms with Crippen LogP contribution < -0.4 is 10.1 Å². The zero-order valence-electron chi connectivity index (χ0n) is 18.5. The van der Waals surface area contributed by atoms with Crippen molar-refractivity contribution >= 4 is 29.4 Å². The van der Waals surface area contributed by atoms with Gasteiger partial charge in [-0.25, -0.2) is 0 Å². The molecule has 7 nitrogen and oxygen atoms in total. The molecular formula is C25H29ClN2O5. The number of aryl methyl sites for hydroxylation is 1. The molecule has 2 amide bonds. The van der Waals surface area contributed by atoms with Gasteiger partial charge in [-0.3, -0.25) is 19.3 Å². The second-order valence-electron chi connectivity index (χ2n) is 8.15. The molecule has 1 aliphatic heterocycles. The summed E-state index contributed by atoms with van der Waals surface area (Å²) in [6, 6.07) is 14.6. The summed E-state index contributed by atoms with van der Waals surface area (Å²) in [5, 5.41) is 12.4. The number of benzene rings is 2. The Bertz CT molecular complexity index is 946. The molecule has 33 heavy (non-hydrogen) atoms. The van der Waals surface area contributed by atoms with Crippen LogP contribution in [0.4, 0.5) is 0 Å². The first-order chi connectivity index (χ1) is 15.9. The second kappa shape index (κ2) is 12.3. The monoisotopic (exact) mass is 472 g/mol. The molecule has 1 aliphatic rings. The van der Waals surface area contributed by atoms with E-state index in [1.165, 1.54) is 10.5 Å².